The van der Waals surface area contributed by atoms with E-state index in [1.165, 1.54) is 0 Å². The van der Waals surface area contributed by atoms with E-state index in [0.29, 0.717) is 34.7 Å². The Morgan fingerprint density at radius 3 is 2.69 bits per heavy atom. The third kappa shape index (κ3) is 4.81. The van der Waals surface area contributed by atoms with Crippen molar-refractivity contribution in [3.05, 3.63) is 78.4 Å². The van der Waals surface area contributed by atoms with Gasteiger partial charge < -0.3 is 15.4 Å². The van der Waals surface area contributed by atoms with Crippen molar-refractivity contribution < 1.29 is 9.53 Å². The molecular formula is C25H24N8O2. The lowest BCUT2D eigenvalue weighted by Crippen LogP contribution is -2.16. The fraction of sp³-hybridized carbons (Fsp3) is 0.160. The molecule has 2 N–H and O–H groups in total. The number of imidazole rings is 1. The third-order valence-electron chi connectivity index (χ3n) is 5.34. The Kier molecular flexibility index (Phi) is 5.84. The summed E-state index contributed by atoms with van der Waals surface area (Å²) in [5.41, 5.74) is 2.95. The standard InChI is InChI=1S/C25H24N8O2/c1-16-26-19(15-21(27-16)28-23(34)14-17-7-6-8-18(13-17)35-3)24-25(29-20-10-12-32(2)31-20)30-22-9-4-5-11-33(22)24/h4-13,15H,14H2,1-3H3,(H,29,31)(H,26,27,28,34). The highest BCUT2D eigenvalue weighted by atomic mass is 16.5. The second kappa shape index (κ2) is 9.26. The Morgan fingerprint density at radius 2 is 1.89 bits per heavy atom. The van der Waals surface area contributed by atoms with Crippen LogP contribution in [0.2, 0.25) is 0 Å². The van der Waals surface area contributed by atoms with E-state index in [-0.39, 0.29) is 12.3 Å². The minimum atomic E-state index is -0.188. The Balaban J connectivity index is 1.47. The van der Waals surface area contributed by atoms with Gasteiger partial charge in [-0.25, -0.2) is 15.0 Å². The van der Waals surface area contributed by atoms with Crippen LogP contribution in [0.15, 0.2) is 67.0 Å². The summed E-state index contributed by atoms with van der Waals surface area (Å²) in [4.78, 5) is 26.6. The fourth-order valence-electron chi connectivity index (χ4n) is 3.84. The zero-order valence-corrected chi connectivity index (χ0v) is 19.6. The first-order valence-electron chi connectivity index (χ1n) is 11.0. The van der Waals surface area contributed by atoms with Crippen molar-refractivity contribution in [1.82, 2.24) is 29.1 Å². The van der Waals surface area contributed by atoms with Gasteiger partial charge in [-0.2, -0.15) is 5.10 Å². The average molecular weight is 469 g/mol. The number of benzene rings is 1. The number of amides is 1. The van der Waals surface area contributed by atoms with Crippen molar-refractivity contribution in [2.75, 3.05) is 17.7 Å². The van der Waals surface area contributed by atoms with Crippen LogP contribution in [0.4, 0.5) is 17.5 Å². The molecule has 0 bridgehead atoms. The normalized spacial score (nSPS) is 10.9. The number of methoxy groups -OCH3 is 1. The molecule has 10 nitrogen and oxygen atoms in total. The van der Waals surface area contributed by atoms with Crippen molar-refractivity contribution >= 4 is 29.0 Å². The van der Waals surface area contributed by atoms with E-state index in [0.717, 1.165) is 16.9 Å². The number of pyridine rings is 1. The molecule has 0 saturated heterocycles. The van der Waals surface area contributed by atoms with E-state index in [9.17, 15) is 4.79 Å². The minimum Gasteiger partial charge on any atom is -0.497 e. The molecule has 4 heterocycles. The lowest BCUT2D eigenvalue weighted by Gasteiger charge is -2.10. The van der Waals surface area contributed by atoms with Crippen molar-refractivity contribution in [1.29, 1.82) is 0 Å². The summed E-state index contributed by atoms with van der Waals surface area (Å²) in [5.74, 6) is 2.71. The van der Waals surface area contributed by atoms with Crippen LogP contribution in [0.5, 0.6) is 5.75 Å². The molecule has 176 valence electrons. The molecule has 0 unspecified atom stereocenters. The minimum absolute atomic E-state index is 0.188. The molecule has 0 spiro atoms. The molecule has 1 aromatic carbocycles. The summed E-state index contributed by atoms with van der Waals surface area (Å²) >= 11 is 0. The van der Waals surface area contributed by atoms with Gasteiger partial charge in [0.25, 0.3) is 0 Å². The lowest BCUT2D eigenvalue weighted by molar-refractivity contribution is -0.115. The van der Waals surface area contributed by atoms with Gasteiger partial charge in [0.1, 0.15) is 28.7 Å². The number of nitrogens with one attached hydrogen (secondary N) is 2. The van der Waals surface area contributed by atoms with E-state index >= 15 is 0 Å². The van der Waals surface area contributed by atoms with Crippen LogP contribution < -0.4 is 15.4 Å². The highest BCUT2D eigenvalue weighted by Gasteiger charge is 2.18. The van der Waals surface area contributed by atoms with Crippen LogP contribution in [-0.4, -0.2) is 42.2 Å². The topological polar surface area (TPSA) is 111 Å². The van der Waals surface area contributed by atoms with E-state index in [1.807, 2.05) is 72.4 Å². The summed E-state index contributed by atoms with van der Waals surface area (Å²) in [6.45, 7) is 1.79. The van der Waals surface area contributed by atoms with Crippen LogP contribution in [0.3, 0.4) is 0 Å². The number of carbonyl (C=O) groups is 1. The molecule has 0 aliphatic rings. The number of nitrogens with zero attached hydrogens (tertiary/aromatic N) is 6. The number of fused-ring (bicyclic) bond motifs is 1. The predicted molar refractivity (Wildman–Crippen MR) is 133 cm³/mol. The number of anilines is 3. The number of hydrogen-bond donors (Lipinski definition) is 2. The van der Waals surface area contributed by atoms with Gasteiger partial charge in [0.05, 0.1) is 19.2 Å². The Hall–Kier alpha value is -4.73. The number of hydrogen-bond acceptors (Lipinski definition) is 7. The van der Waals surface area contributed by atoms with Gasteiger partial charge in [0.2, 0.25) is 5.91 Å². The summed E-state index contributed by atoms with van der Waals surface area (Å²) < 4.78 is 8.90. The van der Waals surface area contributed by atoms with E-state index in [1.54, 1.807) is 24.8 Å². The van der Waals surface area contributed by atoms with E-state index < -0.39 is 0 Å². The van der Waals surface area contributed by atoms with Gasteiger partial charge >= 0.3 is 0 Å². The molecule has 0 aliphatic carbocycles. The Bertz CT molecular complexity index is 1520. The molecule has 1 amide bonds. The SMILES string of the molecule is COc1cccc(CC(=O)Nc2cc(-c3c(Nc4ccn(C)n4)nc4ccccn34)nc(C)n2)c1. The fourth-order valence-corrected chi connectivity index (χ4v) is 3.84. The van der Waals surface area contributed by atoms with Crippen LogP contribution in [-0.2, 0) is 18.3 Å². The Morgan fingerprint density at radius 1 is 1.00 bits per heavy atom. The highest BCUT2D eigenvalue weighted by molar-refractivity contribution is 5.92. The molecule has 35 heavy (non-hydrogen) atoms. The molecule has 0 aliphatic heterocycles. The number of rotatable bonds is 7. The van der Waals surface area contributed by atoms with Gasteiger partial charge in [-0.3, -0.25) is 13.9 Å². The summed E-state index contributed by atoms with van der Waals surface area (Å²) in [7, 11) is 3.45. The first kappa shape index (κ1) is 22.1. The molecule has 5 rings (SSSR count). The van der Waals surface area contributed by atoms with Gasteiger partial charge in [0.15, 0.2) is 11.6 Å². The molecule has 0 atom stereocenters. The van der Waals surface area contributed by atoms with Crippen molar-refractivity contribution in [3.63, 3.8) is 0 Å². The zero-order valence-electron chi connectivity index (χ0n) is 19.6. The molecule has 10 heteroatoms. The Labute approximate surface area is 201 Å². The second-order valence-corrected chi connectivity index (χ2v) is 8.00. The monoisotopic (exact) mass is 468 g/mol. The number of aromatic nitrogens is 6. The number of ether oxygens (including phenoxy) is 1. The first-order chi connectivity index (χ1) is 17.0. The number of carbonyl (C=O) groups excluding carboxylic acids is 1. The largest absolute Gasteiger partial charge is 0.497 e. The van der Waals surface area contributed by atoms with Gasteiger partial charge in [-0.15, -0.1) is 0 Å². The zero-order chi connectivity index (χ0) is 24.4. The van der Waals surface area contributed by atoms with E-state index in [4.69, 9.17) is 9.72 Å². The van der Waals surface area contributed by atoms with Gasteiger partial charge in [-0.05, 0) is 36.8 Å². The third-order valence-corrected chi connectivity index (χ3v) is 5.34. The maximum Gasteiger partial charge on any atom is 0.229 e. The molecule has 4 aromatic heterocycles. The molecular weight excluding hydrogens is 444 g/mol. The van der Waals surface area contributed by atoms with Crippen molar-refractivity contribution in [2.45, 2.75) is 13.3 Å². The van der Waals surface area contributed by atoms with Crippen molar-refractivity contribution in [3.8, 4) is 17.1 Å². The van der Waals surface area contributed by atoms with Gasteiger partial charge in [0, 0.05) is 31.6 Å². The summed E-state index contributed by atoms with van der Waals surface area (Å²) in [6, 6.07) is 16.8. The first-order valence-corrected chi connectivity index (χ1v) is 11.0. The lowest BCUT2D eigenvalue weighted by atomic mass is 10.1. The van der Waals surface area contributed by atoms with Crippen LogP contribution in [0.1, 0.15) is 11.4 Å². The predicted octanol–water partition coefficient (Wildman–Crippen LogP) is 3.77. The molecule has 5 aromatic rings. The highest BCUT2D eigenvalue weighted by Crippen LogP contribution is 2.31. The summed E-state index contributed by atoms with van der Waals surface area (Å²) in [5, 5.41) is 10.6. The van der Waals surface area contributed by atoms with Crippen molar-refractivity contribution in [2.24, 2.45) is 7.05 Å². The molecule has 0 fully saturated rings. The number of aryl methyl sites for hydroxylation is 2. The average Bonchev–Trinajstić information content (AvgIpc) is 3.41. The maximum atomic E-state index is 12.8. The van der Waals surface area contributed by atoms with E-state index in [2.05, 4.69) is 25.7 Å². The van der Waals surface area contributed by atoms with Crippen LogP contribution in [0, 0.1) is 6.92 Å². The van der Waals surface area contributed by atoms with Gasteiger partial charge in [-0.1, -0.05) is 18.2 Å². The quantitative estimate of drug-likeness (QED) is 0.374. The molecule has 0 radical (unpaired) electrons. The second-order valence-electron chi connectivity index (χ2n) is 8.00. The maximum absolute atomic E-state index is 12.8. The van der Waals surface area contributed by atoms with Crippen LogP contribution in [0.25, 0.3) is 17.0 Å². The molecule has 0 saturated carbocycles. The summed E-state index contributed by atoms with van der Waals surface area (Å²) in [6.07, 6.45) is 3.96. The van der Waals surface area contributed by atoms with Crippen LogP contribution >= 0.6 is 0 Å². The smallest absolute Gasteiger partial charge is 0.229 e.